The van der Waals surface area contributed by atoms with Crippen LogP contribution in [0, 0.1) is 24.0 Å². The molecule has 0 aliphatic carbocycles. The van der Waals surface area contributed by atoms with Crippen LogP contribution >= 0.6 is 11.6 Å². The number of rotatable bonds is 4. The molecule has 0 N–H and O–H groups in total. The maximum Gasteiger partial charge on any atom is 0.331 e. The van der Waals surface area contributed by atoms with Crippen molar-refractivity contribution in [2.45, 2.75) is 20.5 Å². The summed E-state index contributed by atoms with van der Waals surface area (Å²) in [5, 5.41) is 15.1. The second kappa shape index (κ2) is 5.51. The first-order chi connectivity index (χ1) is 9.43. The van der Waals surface area contributed by atoms with E-state index < -0.39 is 4.92 Å². The molecule has 8 nitrogen and oxygen atoms in total. The van der Waals surface area contributed by atoms with Crippen molar-refractivity contribution in [1.29, 1.82) is 0 Å². The van der Waals surface area contributed by atoms with Gasteiger partial charge >= 0.3 is 5.69 Å². The molecule has 106 valence electrons. The van der Waals surface area contributed by atoms with Crippen LogP contribution in [0.4, 0.5) is 5.69 Å². The molecular weight excluding hydrogens is 286 g/mol. The van der Waals surface area contributed by atoms with Gasteiger partial charge in [-0.3, -0.25) is 10.1 Å². The van der Waals surface area contributed by atoms with Gasteiger partial charge in [0, 0.05) is 18.9 Å². The van der Waals surface area contributed by atoms with E-state index in [-0.39, 0.29) is 23.1 Å². The van der Waals surface area contributed by atoms with Crippen molar-refractivity contribution in [1.82, 2.24) is 19.7 Å². The Kier molecular flexibility index (Phi) is 3.96. The van der Waals surface area contributed by atoms with E-state index in [0.717, 1.165) is 5.69 Å². The third-order valence-corrected chi connectivity index (χ3v) is 2.85. The molecule has 0 aliphatic rings. The van der Waals surface area contributed by atoms with Crippen molar-refractivity contribution in [2.24, 2.45) is 0 Å². The van der Waals surface area contributed by atoms with Gasteiger partial charge in [0.2, 0.25) is 5.15 Å². The van der Waals surface area contributed by atoms with E-state index in [4.69, 9.17) is 16.3 Å². The lowest BCUT2D eigenvalue weighted by Gasteiger charge is -2.03. The number of hydrogen-bond donors (Lipinski definition) is 0. The Morgan fingerprint density at radius 2 is 2.15 bits per heavy atom. The normalized spacial score (nSPS) is 10.8. The summed E-state index contributed by atoms with van der Waals surface area (Å²) in [6.07, 6.45) is 0. The highest BCUT2D eigenvalue weighted by atomic mass is 35.5. The monoisotopic (exact) mass is 297 g/mol. The van der Waals surface area contributed by atoms with E-state index in [1.807, 2.05) is 0 Å². The first-order valence-corrected chi connectivity index (χ1v) is 6.05. The molecule has 0 atom stereocenters. The van der Waals surface area contributed by atoms with Crippen LogP contribution in [0.2, 0.25) is 5.15 Å². The highest BCUT2D eigenvalue weighted by Crippen LogP contribution is 2.30. The number of aromatic nitrogens is 4. The number of methoxy groups -OCH3 is 1. The lowest BCUT2D eigenvalue weighted by molar-refractivity contribution is -0.385. The molecule has 20 heavy (non-hydrogen) atoms. The summed E-state index contributed by atoms with van der Waals surface area (Å²) in [4.78, 5) is 18.8. The summed E-state index contributed by atoms with van der Waals surface area (Å²) >= 11 is 6.04. The summed E-state index contributed by atoms with van der Waals surface area (Å²) in [6.45, 7) is 3.50. The third kappa shape index (κ3) is 2.61. The minimum absolute atomic E-state index is 0.00786. The summed E-state index contributed by atoms with van der Waals surface area (Å²) in [5.41, 5.74) is 0.592. The minimum Gasteiger partial charge on any atom is -0.378 e. The van der Waals surface area contributed by atoms with Crippen LogP contribution in [0.5, 0.6) is 0 Å². The summed E-state index contributed by atoms with van der Waals surface area (Å²) in [5.74, 6) is 0.910. The van der Waals surface area contributed by atoms with E-state index in [9.17, 15) is 10.1 Å². The molecule has 0 spiro atoms. The smallest absolute Gasteiger partial charge is 0.331 e. The number of aryl methyl sites for hydroxylation is 2. The quantitative estimate of drug-likeness (QED) is 0.632. The Hall–Kier alpha value is -2.06. The Labute approximate surface area is 119 Å². The molecule has 0 radical (unpaired) electrons. The van der Waals surface area contributed by atoms with Crippen LogP contribution in [0.1, 0.15) is 17.2 Å². The zero-order chi connectivity index (χ0) is 14.9. The number of nitrogens with zero attached hydrogens (tertiary/aromatic N) is 5. The van der Waals surface area contributed by atoms with Gasteiger partial charge < -0.3 is 4.74 Å². The summed E-state index contributed by atoms with van der Waals surface area (Å²) < 4.78 is 6.12. The molecule has 0 amide bonds. The van der Waals surface area contributed by atoms with E-state index in [0.29, 0.717) is 11.6 Å². The molecule has 2 heterocycles. The standard InChI is InChI=1S/C11H12ClN5O3/c1-6-4-9(14-7(2)13-6)16-11(12)10(17(18)19)8(15-16)5-20-3/h4H,5H2,1-3H3. The maximum absolute atomic E-state index is 11.1. The first-order valence-electron chi connectivity index (χ1n) is 5.67. The average Bonchev–Trinajstić information content (AvgIpc) is 2.65. The SMILES string of the molecule is COCc1nn(-c2cc(C)nc(C)n2)c(Cl)c1[N+](=O)[O-]. The molecule has 0 aliphatic heterocycles. The van der Waals surface area contributed by atoms with Crippen molar-refractivity contribution < 1.29 is 9.66 Å². The van der Waals surface area contributed by atoms with Gasteiger partial charge in [0.15, 0.2) is 11.5 Å². The van der Waals surface area contributed by atoms with E-state index in [1.54, 1.807) is 19.9 Å². The fraction of sp³-hybridized carbons (Fsp3) is 0.364. The molecule has 2 aromatic rings. The van der Waals surface area contributed by atoms with Gasteiger partial charge in [-0.15, -0.1) is 0 Å². The van der Waals surface area contributed by atoms with Crippen molar-refractivity contribution >= 4 is 17.3 Å². The van der Waals surface area contributed by atoms with Gasteiger partial charge in [0.1, 0.15) is 5.82 Å². The van der Waals surface area contributed by atoms with Crippen molar-refractivity contribution in [2.75, 3.05) is 7.11 Å². The van der Waals surface area contributed by atoms with E-state index in [2.05, 4.69) is 15.1 Å². The number of hydrogen-bond acceptors (Lipinski definition) is 6. The molecule has 0 fully saturated rings. The van der Waals surface area contributed by atoms with Crippen LogP contribution in [0.15, 0.2) is 6.07 Å². The molecule has 9 heteroatoms. The fourth-order valence-electron chi connectivity index (χ4n) is 1.80. The van der Waals surface area contributed by atoms with Crippen LogP contribution in [0.25, 0.3) is 5.82 Å². The molecule has 0 unspecified atom stereocenters. The Bertz CT molecular complexity index is 650. The number of nitro groups is 1. The maximum atomic E-state index is 11.1. The number of ether oxygens (including phenoxy) is 1. The molecule has 2 rings (SSSR count). The van der Waals surface area contributed by atoms with Crippen molar-refractivity contribution in [3.8, 4) is 5.82 Å². The fourth-order valence-corrected chi connectivity index (χ4v) is 2.11. The van der Waals surface area contributed by atoms with Gasteiger partial charge in [-0.05, 0) is 13.8 Å². The zero-order valence-electron chi connectivity index (χ0n) is 11.1. The summed E-state index contributed by atoms with van der Waals surface area (Å²) in [6, 6.07) is 1.65. The molecule has 0 bridgehead atoms. The van der Waals surface area contributed by atoms with Crippen LogP contribution < -0.4 is 0 Å². The van der Waals surface area contributed by atoms with Crippen LogP contribution in [0.3, 0.4) is 0 Å². The molecule has 0 saturated heterocycles. The summed E-state index contributed by atoms with van der Waals surface area (Å²) in [7, 11) is 1.43. The van der Waals surface area contributed by atoms with Crippen molar-refractivity contribution in [3.63, 3.8) is 0 Å². The van der Waals surface area contributed by atoms with Crippen LogP contribution in [-0.2, 0) is 11.3 Å². The topological polar surface area (TPSA) is 96.0 Å². The predicted octanol–water partition coefficient (Wildman–Crippen LogP) is 1.99. The number of halogens is 1. The average molecular weight is 298 g/mol. The van der Waals surface area contributed by atoms with E-state index in [1.165, 1.54) is 11.8 Å². The predicted molar refractivity (Wildman–Crippen MR) is 71.0 cm³/mol. The third-order valence-electron chi connectivity index (χ3n) is 2.51. The van der Waals surface area contributed by atoms with Gasteiger partial charge in [0.25, 0.3) is 0 Å². The molecule has 0 aromatic carbocycles. The van der Waals surface area contributed by atoms with Gasteiger partial charge in [-0.25, -0.2) is 9.97 Å². The Morgan fingerprint density at radius 1 is 1.45 bits per heavy atom. The Balaban J connectivity index is 2.62. The van der Waals surface area contributed by atoms with Gasteiger partial charge in [0.05, 0.1) is 11.5 Å². The van der Waals surface area contributed by atoms with Gasteiger partial charge in [-0.1, -0.05) is 11.6 Å². The zero-order valence-corrected chi connectivity index (χ0v) is 11.9. The highest BCUT2D eigenvalue weighted by Gasteiger charge is 2.27. The second-order valence-corrected chi connectivity index (χ2v) is 4.46. The van der Waals surface area contributed by atoms with Crippen molar-refractivity contribution in [3.05, 3.63) is 38.5 Å². The van der Waals surface area contributed by atoms with Gasteiger partial charge in [-0.2, -0.15) is 9.78 Å². The molecule has 0 saturated carbocycles. The largest absolute Gasteiger partial charge is 0.378 e. The lowest BCUT2D eigenvalue weighted by Crippen LogP contribution is -2.04. The molecule has 2 aromatic heterocycles. The lowest BCUT2D eigenvalue weighted by atomic mass is 10.4. The minimum atomic E-state index is -0.582. The van der Waals surface area contributed by atoms with Crippen LogP contribution in [-0.4, -0.2) is 31.8 Å². The second-order valence-electron chi connectivity index (χ2n) is 4.10. The molecular formula is C11H12ClN5O3. The first kappa shape index (κ1) is 14.4. The van der Waals surface area contributed by atoms with E-state index >= 15 is 0 Å². The highest BCUT2D eigenvalue weighted by molar-refractivity contribution is 6.32. The Morgan fingerprint density at radius 3 is 2.70 bits per heavy atom.